The van der Waals surface area contributed by atoms with E-state index in [4.69, 9.17) is 4.74 Å². The second-order valence-corrected chi connectivity index (χ2v) is 5.87. The lowest BCUT2D eigenvalue weighted by Crippen LogP contribution is -2.44. The van der Waals surface area contributed by atoms with Crippen molar-refractivity contribution in [2.24, 2.45) is 0 Å². The second-order valence-electron chi connectivity index (χ2n) is 4.99. The van der Waals surface area contributed by atoms with Gasteiger partial charge < -0.3 is 10.1 Å². The lowest BCUT2D eigenvalue weighted by atomic mass is 10.3. The summed E-state index contributed by atoms with van der Waals surface area (Å²) in [6.07, 6.45) is 4.29. The van der Waals surface area contributed by atoms with E-state index in [-0.39, 0.29) is 12.5 Å². The number of hydrogen-bond donors (Lipinski definition) is 2. The predicted octanol–water partition coefficient (Wildman–Crippen LogP) is 1.11. The van der Waals surface area contributed by atoms with Gasteiger partial charge in [-0.25, -0.2) is 9.78 Å². The summed E-state index contributed by atoms with van der Waals surface area (Å²) in [4.78, 5) is 39.7. The van der Waals surface area contributed by atoms with Gasteiger partial charge in [0.25, 0.3) is 5.91 Å². The Hall–Kier alpha value is -2.42. The predicted molar refractivity (Wildman–Crippen MR) is 84.2 cm³/mol. The number of nitrogens with zero attached hydrogens (tertiary/aromatic N) is 2. The molecule has 2 aromatic heterocycles. The maximum Gasteiger partial charge on any atom is 0.321 e. The lowest BCUT2D eigenvalue weighted by molar-refractivity contribution is -0.147. The van der Waals surface area contributed by atoms with Crippen molar-refractivity contribution >= 4 is 34.2 Å². The van der Waals surface area contributed by atoms with Crippen LogP contribution in [0.2, 0.25) is 0 Å². The summed E-state index contributed by atoms with van der Waals surface area (Å²) in [5.74, 6) is -1.25. The minimum absolute atomic E-state index is 0.0270. The summed E-state index contributed by atoms with van der Waals surface area (Å²) in [6.45, 7) is 3.23. The van der Waals surface area contributed by atoms with Crippen molar-refractivity contribution in [2.75, 3.05) is 6.61 Å². The normalized spacial score (nSPS) is 11.9. The minimum atomic E-state index is -0.676. The van der Waals surface area contributed by atoms with E-state index < -0.39 is 24.5 Å². The molecule has 0 saturated heterocycles. The topological polar surface area (TPSA) is 102 Å². The quantitative estimate of drug-likeness (QED) is 0.768. The van der Waals surface area contributed by atoms with Crippen LogP contribution in [0.5, 0.6) is 0 Å². The molecule has 124 valence electrons. The highest BCUT2D eigenvalue weighted by atomic mass is 32.1. The summed E-state index contributed by atoms with van der Waals surface area (Å²) in [5.41, 5.74) is 0.566. The van der Waals surface area contributed by atoms with Crippen molar-refractivity contribution in [1.29, 1.82) is 0 Å². The van der Waals surface area contributed by atoms with Crippen molar-refractivity contribution in [3.8, 4) is 0 Å². The molecule has 0 fully saturated rings. The Kier molecular flexibility index (Phi) is 5.69. The number of nitrogens with one attached hydrogen (secondary N) is 2. The third-order valence-corrected chi connectivity index (χ3v) is 3.85. The molecule has 3 amide bonds. The molecule has 2 aromatic rings. The van der Waals surface area contributed by atoms with Gasteiger partial charge in [-0.15, -0.1) is 11.3 Å². The number of amides is 3. The zero-order chi connectivity index (χ0) is 16.8. The molecule has 0 aliphatic heterocycles. The Labute approximate surface area is 136 Å². The molecule has 8 nitrogen and oxygen atoms in total. The van der Waals surface area contributed by atoms with Crippen LogP contribution >= 0.6 is 11.3 Å². The van der Waals surface area contributed by atoms with Crippen LogP contribution < -0.4 is 10.6 Å². The van der Waals surface area contributed by atoms with Gasteiger partial charge in [0, 0.05) is 23.8 Å². The second kappa shape index (κ2) is 7.73. The zero-order valence-corrected chi connectivity index (χ0v) is 13.7. The first-order chi connectivity index (χ1) is 11.0. The Morgan fingerprint density at radius 2 is 2.22 bits per heavy atom. The molecule has 0 spiro atoms. The fraction of sp³-hybridized carbons (Fsp3) is 0.429. The first-order valence-corrected chi connectivity index (χ1v) is 8.03. The van der Waals surface area contributed by atoms with Crippen LogP contribution in [0.25, 0.3) is 4.96 Å². The summed E-state index contributed by atoms with van der Waals surface area (Å²) in [6, 6.07) is -0.644. The van der Waals surface area contributed by atoms with Gasteiger partial charge in [-0.1, -0.05) is 6.92 Å². The van der Waals surface area contributed by atoms with Crippen LogP contribution in [0, 0.1) is 0 Å². The number of imidazole rings is 1. The number of esters is 1. The Bertz CT molecular complexity index is 680. The highest BCUT2D eigenvalue weighted by molar-refractivity contribution is 7.15. The summed E-state index contributed by atoms with van der Waals surface area (Å²) in [5, 5.41) is 6.56. The third-order valence-electron chi connectivity index (χ3n) is 3.08. The largest absolute Gasteiger partial charge is 0.455 e. The van der Waals surface area contributed by atoms with Crippen molar-refractivity contribution in [1.82, 2.24) is 20.0 Å². The Morgan fingerprint density at radius 1 is 1.43 bits per heavy atom. The van der Waals surface area contributed by atoms with Gasteiger partial charge in [-0.3, -0.25) is 19.3 Å². The van der Waals surface area contributed by atoms with Crippen molar-refractivity contribution in [3.63, 3.8) is 0 Å². The van der Waals surface area contributed by atoms with Gasteiger partial charge >= 0.3 is 12.0 Å². The van der Waals surface area contributed by atoms with E-state index in [2.05, 4.69) is 15.6 Å². The molecule has 0 bridgehead atoms. The smallest absolute Gasteiger partial charge is 0.321 e. The van der Waals surface area contributed by atoms with Gasteiger partial charge in [-0.2, -0.15) is 0 Å². The fourth-order valence-corrected chi connectivity index (χ4v) is 2.45. The molecule has 23 heavy (non-hydrogen) atoms. The van der Waals surface area contributed by atoms with Crippen LogP contribution in [0.4, 0.5) is 4.79 Å². The number of ether oxygens (including phenoxy) is 1. The molecular weight excluding hydrogens is 320 g/mol. The Balaban J connectivity index is 1.72. The van der Waals surface area contributed by atoms with Crippen LogP contribution in [0.3, 0.4) is 0 Å². The van der Waals surface area contributed by atoms with Crippen LogP contribution in [0.1, 0.15) is 26.0 Å². The number of thiazole rings is 1. The van der Waals surface area contributed by atoms with Crippen molar-refractivity contribution in [3.05, 3.63) is 23.5 Å². The maximum absolute atomic E-state index is 11.7. The number of aromatic nitrogens is 2. The van der Waals surface area contributed by atoms with Gasteiger partial charge in [0.2, 0.25) is 0 Å². The lowest BCUT2D eigenvalue weighted by Gasteiger charge is -2.11. The highest BCUT2D eigenvalue weighted by Crippen LogP contribution is 2.11. The van der Waals surface area contributed by atoms with E-state index in [0.717, 1.165) is 11.4 Å². The molecular formula is C14H18N4O4S. The fourth-order valence-electron chi connectivity index (χ4n) is 1.73. The molecule has 2 heterocycles. The summed E-state index contributed by atoms with van der Waals surface area (Å²) < 4.78 is 6.64. The number of carbonyl (C=O) groups excluding carboxylic acids is 3. The molecule has 0 saturated carbocycles. The standard InChI is InChI=1S/C14H18N4O4S/c1-3-9(2)15-13(21)17-11(19)8-22-12(20)6-10-7-18-4-5-23-14(18)16-10/h4-5,7,9H,3,6,8H2,1-2H3,(H2,15,17,19,21)/t9-/m0/s1. The minimum Gasteiger partial charge on any atom is -0.455 e. The highest BCUT2D eigenvalue weighted by Gasteiger charge is 2.14. The van der Waals surface area contributed by atoms with Gasteiger partial charge in [0.15, 0.2) is 11.6 Å². The molecule has 0 aliphatic rings. The average Bonchev–Trinajstić information content (AvgIpc) is 3.05. The first-order valence-electron chi connectivity index (χ1n) is 7.15. The molecule has 9 heteroatoms. The number of rotatable bonds is 6. The van der Waals surface area contributed by atoms with Crippen LogP contribution in [-0.2, 0) is 20.7 Å². The Morgan fingerprint density at radius 3 is 2.91 bits per heavy atom. The first kappa shape index (κ1) is 16.9. The zero-order valence-electron chi connectivity index (χ0n) is 12.9. The molecule has 0 radical (unpaired) electrons. The third kappa shape index (κ3) is 5.06. The summed E-state index contributed by atoms with van der Waals surface area (Å²) >= 11 is 1.46. The summed E-state index contributed by atoms with van der Waals surface area (Å²) in [7, 11) is 0. The molecule has 2 rings (SSSR count). The number of urea groups is 1. The van der Waals surface area contributed by atoms with E-state index in [1.54, 1.807) is 10.6 Å². The van der Waals surface area contributed by atoms with Gasteiger partial charge in [0.1, 0.15) is 0 Å². The van der Waals surface area contributed by atoms with Gasteiger partial charge in [-0.05, 0) is 13.3 Å². The number of fused-ring (bicyclic) bond motifs is 1. The van der Waals surface area contributed by atoms with E-state index >= 15 is 0 Å². The van der Waals surface area contributed by atoms with Gasteiger partial charge in [0.05, 0.1) is 12.1 Å². The van der Waals surface area contributed by atoms with Crippen molar-refractivity contribution in [2.45, 2.75) is 32.7 Å². The SMILES string of the molecule is CC[C@H](C)NC(=O)NC(=O)COC(=O)Cc1cn2ccsc2n1. The van der Waals surface area contributed by atoms with E-state index in [9.17, 15) is 14.4 Å². The maximum atomic E-state index is 11.7. The molecule has 0 aromatic carbocycles. The monoisotopic (exact) mass is 338 g/mol. The van der Waals surface area contributed by atoms with Crippen molar-refractivity contribution < 1.29 is 19.1 Å². The molecule has 0 aliphatic carbocycles. The van der Waals surface area contributed by atoms with Crippen LogP contribution in [-0.4, -0.2) is 39.9 Å². The van der Waals surface area contributed by atoms with Crippen LogP contribution in [0.15, 0.2) is 17.8 Å². The van der Waals surface area contributed by atoms with E-state index in [1.165, 1.54) is 11.3 Å². The average molecular weight is 338 g/mol. The molecule has 0 unspecified atom stereocenters. The number of carbonyl (C=O) groups is 3. The molecule has 2 N–H and O–H groups in total. The number of hydrogen-bond acceptors (Lipinski definition) is 6. The van der Waals surface area contributed by atoms with E-state index in [0.29, 0.717) is 5.69 Å². The molecule has 1 atom stereocenters. The number of imide groups is 1. The van der Waals surface area contributed by atoms with E-state index in [1.807, 2.05) is 25.4 Å².